The van der Waals surface area contributed by atoms with Crippen molar-refractivity contribution in [1.29, 1.82) is 0 Å². The van der Waals surface area contributed by atoms with Crippen LogP contribution in [0.4, 0.5) is 5.69 Å². The molecule has 0 amide bonds. The van der Waals surface area contributed by atoms with E-state index < -0.39 is 10.0 Å². The van der Waals surface area contributed by atoms with Crippen molar-refractivity contribution in [3.63, 3.8) is 0 Å². The summed E-state index contributed by atoms with van der Waals surface area (Å²) in [5.41, 5.74) is 1.20. The monoisotopic (exact) mass is 525 g/mol. The summed E-state index contributed by atoms with van der Waals surface area (Å²) in [5.74, 6) is 1.76. The van der Waals surface area contributed by atoms with Crippen molar-refractivity contribution in [3.8, 4) is 5.75 Å². The number of nitrogens with one attached hydrogen (secondary N) is 2. The van der Waals surface area contributed by atoms with E-state index >= 15 is 0 Å². The summed E-state index contributed by atoms with van der Waals surface area (Å²) in [6.07, 6.45) is 1.84. The number of hydrogen-bond donors (Lipinski definition) is 2. The maximum Gasteiger partial charge on any atom is 0.208 e. The highest BCUT2D eigenvalue weighted by Crippen LogP contribution is 2.20. The molecule has 8 nitrogen and oxygen atoms in total. The first-order chi connectivity index (χ1) is 12.9. The van der Waals surface area contributed by atoms with Crippen LogP contribution < -0.4 is 19.7 Å². The van der Waals surface area contributed by atoms with Gasteiger partial charge in [0.25, 0.3) is 0 Å². The van der Waals surface area contributed by atoms with Crippen LogP contribution in [0.2, 0.25) is 0 Å². The molecular formula is C18H32IN5O3S. The van der Waals surface area contributed by atoms with Crippen molar-refractivity contribution >= 4 is 45.6 Å². The van der Waals surface area contributed by atoms with E-state index in [0.29, 0.717) is 19.5 Å². The molecule has 160 valence electrons. The van der Waals surface area contributed by atoms with Crippen molar-refractivity contribution < 1.29 is 13.2 Å². The van der Waals surface area contributed by atoms with Crippen LogP contribution in [0.25, 0.3) is 0 Å². The number of hydrogen-bond acceptors (Lipinski definition) is 5. The fourth-order valence-electron chi connectivity index (χ4n) is 2.92. The van der Waals surface area contributed by atoms with E-state index in [1.54, 1.807) is 7.11 Å². The van der Waals surface area contributed by atoms with Crippen LogP contribution in [-0.4, -0.2) is 78.5 Å². The topological polar surface area (TPSA) is 86.3 Å². The van der Waals surface area contributed by atoms with E-state index in [4.69, 9.17) is 4.74 Å². The summed E-state index contributed by atoms with van der Waals surface area (Å²) in [6.45, 7) is 7.47. The largest absolute Gasteiger partial charge is 0.497 e. The molecule has 1 aromatic rings. The summed E-state index contributed by atoms with van der Waals surface area (Å²) in [5, 5.41) is 3.33. The molecule has 1 saturated heterocycles. The van der Waals surface area contributed by atoms with Crippen LogP contribution in [0.3, 0.4) is 0 Å². The SMILES string of the molecule is CCNC(=NCCCNS(C)(=O)=O)N1CCN(c2ccc(OC)cc2)CC1.I. The first-order valence-corrected chi connectivity index (χ1v) is 11.2. The predicted octanol–water partition coefficient (Wildman–Crippen LogP) is 1.34. The summed E-state index contributed by atoms with van der Waals surface area (Å²) in [4.78, 5) is 9.25. The molecule has 1 fully saturated rings. The first kappa shape index (κ1) is 24.8. The zero-order valence-corrected chi connectivity index (χ0v) is 20.0. The molecule has 28 heavy (non-hydrogen) atoms. The van der Waals surface area contributed by atoms with Crippen molar-refractivity contribution in [2.45, 2.75) is 13.3 Å². The second-order valence-electron chi connectivity index (χ2n) is 6.43. The maximum atomic E-state index is 11.1. The molecule has 0 unspecified atom stereocenters. The van der Waals surface area contributed by atoms with Crippen molar-refractivity contribution in [3.05, 3.63) is 24.3 Å². The fourth-order valence-corrected chi connectivity index (χ4v) is 3.43. The van der Waals surface area contributed by atoms with Gasteiger partial charge in [-0.2, -0.15) is 0 Å². The lowest BCUT2D eigenvalue weighted by molar-refractivity contribution is 0.372. The molecule has 10 heteroatoms. The zero-order chi connectivity index (χ0) is 19.7. The van der Waals surface area contributed by atoms with Gasteiger partial charge >= 0.3 is 0 Å². The van der Waals surface area contributed by atoms with Gasteiger partial charge in [-0.05, 0) is 37.6 Å². The number of nitrogens with zero attached hydrogens (tertiary/aromatic N) is 3. The molecule has 0 saturated carbocycles. The first-order valence-electron chi connectivity index (χ1n) is 9.30. The van der Waals surface area contributed by atoms with Gasteiger partial charge in [-0.3, -0.25) is 4.99 Å². The second-order valence-corrected chi connectivity index (χ2v) is 8.26. The number of benzene rings is 1. The number of sulfonamides is 1. The standard InChI is InChI=1S/C18H31N5O3S.HI/c1-4-19-18(20-10-5-11-21-27(3,24)25)23-14-12-22(13-15-23)16-6-8-17(26-2)9-7-16;/h6-9,21H,4-5,10-15H2,1-3H3,(H,19,20);1H. The number of piperazine rings is 1. The minimum atomic E-state index is -3.13. The molecule has 1 heterocycles. The number of methoxy groups -OCH3 is 1. The molecule has 2 N–H and O–H groups in total. The smallest absolute Gasteiger partial charge is 0.208 e. The van der Waals surface area contributed by atoms with E-state index in [-0.39, 0.29) is 24.0 Å². The Kier molecular flexibility index (Phi) is 10.9. The molecule has 1 aromatic carbocycles. The minimum Gasteiger partial charge on any atom is -0.497 e. The number of guanidine groups is 1. The highest BCUT2D eigenvalue weighted by atomic mass is 127. The number of anilines is 1. The number of ether oxygens (including phenoxy) is 1. The highest BCUT2D eigenvalue weighted by Gasteiger charge is 2.19. The molecule has 0 bridgehead atoms. The molecule has 2 rings (SSSR count). The third-order valence-corrected chi connectivity index (χ3v) is 5.04. The Bertz CT molecular complexity index is 704. The van der Waals surface area contributed by atoms with Crippen LogP contribution >= 0.6 is 24.0 Å². The lowest BCUT2D eigenvalue weighted by atomic mass is 10.2. The Labute approximate surface area is 185 Å². The summed E-state index contributed by atoms with van der Waals surface area (Å²) in [7, 11) is -1.46. The Morgan fingerprint density at radius 2 is 1.82 bits per heavy atom. The van der Waals surface area contributed by atoms with E-state index in [9.17, 15) is 8.42 Å². The third kappa shape index (κ3) is 8.39. The Morgan fingerprint density at radius 1 is 1.18 bits per heavy atom. The fraction of sp³-hybridized carbons (Fsp3) is 0.611. The van der Waals surface area contributed by atoms with Gasteiger partial charge in [-0.1, -0.05) is 0 Å². The normalized spacial score (nSPS) is 15.2. The van der Waals surface area contributed by atoms with Gasteiger partial charge < -0.3 is 19.9 Å². The lowest BCUT2D eigenvalue weighted by Crippen LogP contribution is -2.52. The van der Waals surface area contributed by atoms with Gasteiger partial charge in [0.2, 0.25) is 10.0 Å². The Hall–Kier alpha value is -1.27. The maximum absolute atomic E-state index is 11.1. The number of aliphatic imine (C=N–C) groups is 1. The lowest BCUT2D eigenvalue weighted by Gasteiger charge is -2.37. The van der Waals surface area contributed by atoms with Crippen LogP contribution in [0, 0.1) is 0 Å². The Morgan fingerprint density at radius 3 is 2.36 bits per heavy atom. The number of rotatable bonds is 8. The van der Waals surface area contributed by atoms with Crippen LogP contribution in [0.15, 0.2) is 29.3 Å². The summed E-state index contributed by atoms with van der Waals surface area (Å²) < 4.78 is 29.9. The molecule has 0 atom stereocenters. The Balaban J connectivity index is 0.00000392. The zero-order valence-electron chi connectivity index (χ0n) is 16.8. The van der Waals surface area contributed by atoms with Gasteiger partial charge in [-0.15, -0.1) is 24.0 Å². The molecule has 0 aliphatic carbocycles. The third-order valence-electron chi connectivity index (χ3n) is 4.31. The summed E-state index contributed by atoms with van der Waals surface area (Å²) >= 11 is 0. The van der Waals surface area contributed by atoms with Crippen LogP contribution in [-0.2, 0) is 10.0 Å². The van der Waals surface area contributed by atoms with Gasteiger partial charge in [-0.25, -0.2) is 13.1 Å². The van der Waals surface area contributed by atoms with E-state index in [1.165, 1.54) is 11.9 Å². The average molecular weight is 525 g/mol. The molecule has 1 aliphatic rings. The van der Waals surface area contributed by atoms with Crippen molar-refractivity contribution in [1.82, 2.24) is 14.9 Å². The molecule has 1 aliphatic heterocycles. The van der Waals surface area contributed by atoms with Gasteiger partial charge in [0.1, 0.15) is 5.75 Å². The molecule has 0 aromatic heterocycles. The summed E-state index contributed by atoms with van der Waals surface area (Å²) in [6, 6.07) is 8.14. The number of halogens is 1. The second kappa shape index (κ2) is 12.3. The molecular weight excluding hydrogens is 493 g/mol. The van der Waals surface area contributed by atoms with E-state index in [1.807, 2.05) is 19.1 Å². The van der Waals surface area contributed by atoms with E-state index in [0.717, 1.165) is 44.4 Å². The van der Waals surface area contributed by atoms with Crippen LogP contribution in [0.1, 0.15) is 13.3 Å². The van der Waals surface area contributed by atoms with Crippen molar-refractivity contribution in [2.75, 3.05) is 64.1 Å². The van der Waals surface area contributed by atoms with Gasteiger partial charge in [0.15, 0.2) is 5.96 Å². The highest BCUT2D eigenvalue weighted by molar-refractivity contribution is 14.0. The van der Waals surface area contributed by atoms with Gasteiger partial charge in [0.05, 0.1) is 13.4 Å². The molecule has 0 spiro atoms. The molecule has 0 radical (unpaired) electrons. The predicted molar refractivity (Wildman–Crippen MR) is 126 cm³/mol. The van der Waals surface area contributed by atoms with Crippen molar-refractivity contribution in [2.24, 2.45) is 4.99 Å². The van der Waals surface area contributed by atoms with Gasteiger partial charge in [0, 0.05) is 51.5 Å². The average Bonchev–Trinajstić information content (AvgIpc) is 2.66. The van der Waals surface area contributed by atoms with E-state index in [2.05, 4.69) is 37.0 Å². The minimum absolute atomic E-state index is 0. The van der Waals surface area contributed by atoms with Crippen LogP contribution in [0.5, 0.6) is 5.75 Å². The quantitative estimate of drug-likeness (QED) is 0.231.